The average Bonchev–Trinajstić information content (AvgIpc) is 3.31. The fourth-order valence-corrected chi connectivity index (χ4v) is 3.90. The van der Waals surface area contributed by atoms with Crippen LogP contribution in [0.15, 0.2) is 48.5 Å². The summed E-state index contributed by atoms with van der Waals surface area (Å²) in [6.07, 6.45) is 2.52. The van der Waals surface area contributed by atoms with Gasteiger partial charge < -0.3 is 19.7 Å². The Balaban J connectivity index is 1.28. The highest BCUT2D eigenvalue weighted by Crippen LogP contribution is 2.18. The van der Waals surface area contributed by atoms with Gasteiger partial charge in [0.2, 0.25) is 0 Å². The number of carbonyl (C=O) groups is 2. The number of amides is 2. The number of morpholine rings is 1. The molecule has 2 aromatic rings. The van der Waals surface area contributed by atoms with E-state index in [-0.39, 0.29) is 18.4 Å². The van der Waals surface area contributed by atoms with E-state index in [1.54, 1.807) is 29.2 Å². The molecule has 7 heteroatoms. The smallest absolute Gasteiger partial charge is 0.260 e. The molecule has 31 heavy (non-hydrogen) atoms. The van der Waals surface area contributed by atoms with E-state index in [2.05, 4.69) is 16.3 Å². The van der Waals surface area contributed by atoms with E-state index in [0.29, 0.717) is 37.6 Å². The zero-order valence-electron chi connectivity index (χ0n) is 17.7. The van der Waals surface area contributed by atoms with Crippen LogP contribution >= 0.6 is 0 Å². The van der Waals surface area contributed by atoms with Gasteiger partial charge in [-0.15, -0.1) is 0 Å². The second-order valence-corrected chi connectivity index (χ2v) is 7.94. The van der Waals surface area contributed by atoms with Gasteiger partial charge in [0.25, 0.3) is 11.8 Å². The van der Waals surface area contributed by atoms with Crippen molar-refractivity contribution in [1.29, 1.82) is 0 Å². The Hall–Kier alpha value is -2.90. The van der Waals surface area contributed by atoms with E-state index in [9.17, 15) is 9.59 Å². The predicted octanol–water partition coefficient (Wildman–Crippen LogP) is 2.77. The molecule has 0 saturated carbocycles. The summed E-state index contributed by atoms with van der Waals surface area (Å²) in [7, 11) is 0. The number of hydrogen-bond acceptors (Lipinski definition) is 5. The summed E-state index contributed by atoms with van der Waals surface area (Å²) in [6.45, 7) is 5.51. The zero-order chi connectivity index (χ0) is 21.5. The van der Waals surface area contributed by atoms with Crippen LogP contribution in [-0.2, 0) is 16.1 Å². The van der Waals surface area contributed by atoms with Gasteiger partial charge in [-0.3, -0.25) is 14.5 Å². The largest absolute Gasteiger partial charge is 0.484 e. The Morgan fingerprint density at radius 1 is 0.968 bits per heavy atom. The highest BCUT2D eigenvalue weighted by atomic mass is 16.5. The Morgan fingerprint density at radius 2 is 1.71 bits per heavy atom. The average molecular weight is 424 g/mol. The number of anilines is 1. The lowest BCUT2D eigenvalue weighted by Crippen LogP contribution is -2.42. The Bertz CT molecular complexity index is 888. The molecule has 2 saturated heterocycles. The van der Waals surface area contributed by atoms with Crippen molar-refractivity contribution >= 4 is 17.5 Å². The number of carbonyl (C=O) groups excluding carboxylic acids is 2. The molecule has 2 fully saturated rings. The number of nitrogens with one attached hydrogen (secondary N) is 1. The molecule has 2 heterocycles. The van der Waals surface area contributed by atoms with Crippen molar-refractivity contribution in [2.75, 3.05) is 51.3 Å². The summed E-state index contributed by atoms with van der Waals surface area (Å²) in [4.78, 5) is 29.0. The number of benzene rings is 2. The van der Waals surface area contributed by atoms with Crippen LogP contribution in [-0.4, -0.2) is 67.6 Å². The summed E-state index contributed by atoms with van der Waals surface area (Å²) in [5.41, 5.74) is 2.53. The molecular formula is C24H29N3O4. The quantitative estimate of drug-likeness (QED) is 0.742. The zero-order valence-corrected chi connectivity index (χ0v) is 17.7. The number of rotatable bonds is 7. The van der Waals surface area contributed by atoms with Gasteiger partial charge in [-0.1, -0.05) is 12.1 Å². The molecule has 0 bridgehead atoms. The predicted molar refractivity (Wildman–Crippen MR) is 118 cm³/mol. The summed E-state index contributed by atoms with van der Waals surface area (Å²) >= 11 is 0. The summed E-state index contributed by atoms with van der Waals surface area (Å²) in [6, 6.07) is 14.8. The van der Waals surface area contributed by atoms with Gasteiger partial charge in [0, 0.05) is 30.9 Å². The highest BCUT2D eigenvalue weighted by Gasteiger charge is 2.17. The Morgan fingerprint density at radius 3 is 2.45 bits per heavy atom. The molecule has 164 valence electrons. The maximum Gasteiger partial charge on any atom is 0.260 e. The van der Waals surface area contributed by atoms with Crippen molar-refractivity contribution in [3.8, 4) is 5.75 Å². The third-order valence-electron chi connectivity index (χ3n) is 5.63. The first-order valence-corrected chi connectivity index (χ1v) is 10.9. The molecule has 0 aromatic heterocycles. The van der Waals surface area contributed by atoms with E-state index in [0.717, 1.165) is 25.3 Å². The van der Waals surface area contributed by atoms with Gasteiger partial charge in [0.1, 0.15) is 5.75 Å². The monoisotopic (exact) mass is 423 g/mol. The van der Waals surface area contributed by atoms with Crippen LogP contribution < -0.4 is 10.1 Å². The summed E-state index contributed by atoms with van der Waals surface area (Å²) in [5.74, 6) is 0.332. The Kier molecular flexibility index (Phi) is 7.17. The van der Waals surface area contributed by atoms with Gasteiger partial charge in [0.15, 0.2) is 6.61 Å². The molecule has 2 amide bonds. The molecule has 0 radical (unpaired) electrons. The second kappa shape index (κ2) is 10.4. The van der Waals surface area contributed by atoms with E-state index in [4.69, 9.17) is 9.47 Å². The van der Waals surface area contributed by atoms with Gasteiger partial charge in [-0.05, 0) is 67.9 Å². The van der Waals surface area contributed by atoms with Crippen molar-refractivity contribution in [3.05, 3.63) is 59.7 Å². The summed E-state index contributed by atoms with van der Waals surface area (Å²) in [5, 5.41) is 2.97. The minimum absolute atomic E-state index is 0.0185. The Labute approximate surface area is 182 Å². The van der Waals surface area contributed by atoms with Crippen molar-refractivity contribution in [2.24, 2.45) is 0 Å². The molecule has 4 rings (SSSR count). The van der Waals surface area contributed by atoms with E-state index in [1.807, 2.05) is 18.2 Å². The van der Waals surface area contributed by atoms with E-state index in [1.165, 1.54) is 18.4 Å². The highest BCUT2D eigenvalue weighted by molar-refractivity contribution is 6.04. The van der Waals surface area contributed by atoms with Crippen LogP contribution in [0.25, 0.3) is 0 Å². The number of hydrogen-bond donors (Lipinski definition) is 1. The first-order valence-electron chi connectivity index (χ1n) is 10.9. The van der Waals surface area contributed by atoms with Crippen LogP contribution in [0, 0.1) is 0 Å². The van der Waals surface area contributed by atoms with Gasteiger partial charge >= 0.3 is 0 Å². The van der Waals surface area contributed by atoms with E-state index < -0.39 is 0 Å². The maximum atomic E-state index is 12.6. The molecule has 2 aliphatic rings. The standard InChI is InChI=1S/C24H29N3O4/c28-23(27-12-14-30-15-13-27)18-31-22-8-6-20(7-9-22)24(29)25-21-5-3-4-19(16-21)17-26-10-1-2-11-26/h3-9,16H,1-2,10-15,17-18H2,(H,25,29). The SMILES string of the molecule is O=C(Nc1cccc(CN2CCCC2)c1)c1ccc(OCC(=O)N2CCOCC2)cc1. The molecule has 0 unspecified atom stereocenters. The molecule has 2 aromatic carbocycles. The molecule has 2 aliphatic heterocycles. The lowest BCUT2D eigenvalue weighted by Gasteiger charge is -2.26. The lowest BCUT2D eigenvalue weighted by atomic mass is 10.1. The third-order valence-corrected chi connectivity index (χ3v) is 5.63. The first kappa shape index (κ1) is 21.3. The summed E-state index contributed by atoms with van der Waals surface area (Å²) < 4.78 is 10.8. The number of nitrogens with zero attached hydrogens (tertiary/aromatic N) is 2. The molecular weight excluding hydrogens is 394 g/mol. The maximum absolute atomic E-state index is 12.6. The van der Waals surface area contributed by atoms with Crippen molar-refractivity contribution in [1.82, 2.24) is 9.80 Å². The minimum Gasteiger partial charge on any atom is -0.484 e. The fraction of sp³-hybridized carbons (Fsp3) is 0.417. The molecule has 0 aliphatic carbocycles. The number of ether oxygens (including phenoxy) is 2. The van der Waals surface area contributed by atoms with Crippen molar-refractivity contribution in [3.63, 3.8) is 0 Å². The first-order chi connectivity index (χ1) is 15.2. The van der Waals surface area contributed by atoms with Crippen LogP contribution in [0.5, 0.6) is 5.75 Å². The van der Waals surface area contributed by atoms with Crippen molar-refractivity contribution in [2.45, 2.75) is 19.4 Å². The van der Waals surface area contributed by atoms with Crippen LogP contribution in [0.2, 0.25) is 0 Å². The van der Waals surface area contributed by atoms with Crippen molar-refractivity contribution < 1.29 is 19.1 Å². The fourth-order valence-electron chi connectivity index (χ4n) is 3.90. The van der Waals surface area contributed by atoms with Gasteiger partial charge in [0.05, 0.1) is 13.2 Å². The molecule has 7 nitrogen and oxygen atoms in total. The molecule has 0 spiro atoms. The lowest BCUT2D eigenvalue weighted by molar-refractivity contribution is -0.137. The van der Waals surface area contributed by atoms with Gasteiger partial charge in [-0.2, -0.15) is 0 Å². The molecule has 0 atom stereocenters. The third kappa shape index (κ3) is 6.06. The van der Waals surface area contributed by atoms with Crippen LogP contribution in [0.3, 0.4) is 0 Å². The van der Waals surface area contributed by atoms with Crippen LogP contribution in [0.4, 0.5) is 5.69 Å². The van der Waals surface area contributed by atoms with Gasteiger partial charge in [-0.25, -0.2) is 0 Å². The second-order valence-electron chi connectivity index (χ2n) is 7.94. The molecule has 1 N–H and O–H groups in total. The van der Waals surface area contributed by atoms with E-state index >= 15 is 0 Å². The number of likely N-dealkylation sites (tertiary alicyclic amines) is 1. The van der Waals surface area contributed by atoms with Crippen LogP contribution in [0.1, 0.15) is 28.8 Å². The minimum atomic E-state index is -0.172. The topological polar surface area (TPSA) is 71.1 Å². The normalized spacial score (nSPS) is 16.8.